The summed E-state index contributed by atoms with van der Waals surface area (Å²) in [6.45, 7) is 16.0. The fourth-order valence-corrected chi connectivity index (χ4v) is 28.3. The van der Waals surface area contributed by atoms with E-state index in [2.05, 4.69) is 440 Å². The normalized spacial score (nSPS) is 12.1. The minimum Gasteiger partial charge on any atom is -0.454 e. The Morgan fingerprint density at radius 2 is 0.496 bits per heavy atom. The lowest BCUT2D eigenvalue weighted by Crippen LogP contribution is -2.74. The van der Waals surface area contributed by atoms with E-state index in [9.17, 15) is 0 Å². The Bertz CT molecular complexity index is 6740. The van der Waals surface area contributed by atoms with Crippen molar-refractivity contribution < 1.29 is 8.83 Å². The number of para-hydroxylation sites is 4. The summed E-state index contributed by atoms with van der Waals surface area (Å²) in [6.07, 6.45) is 0. The lowest BCUT2D eigenvalue weighted by atomic mass is 9.84. The third-order valence-electron chi connectivity index (χ3n) is 24.5. The van der Waals surface area contributed by atoms with E-state index < -0.39 is 16.1 Å². The summed E-state index contributed by atoms with van der Waals surface area (Å²) in [5.74, 6) is 0.314. The lowest BCUT2D eigenvalue weighted by molar-refractivity contribution is 0.668. The molecule has 0 aliphatic carbocycles. The monoisotopic (exact) mass is 1510 g/mol. The Morgan fingerprint density at radius 3 is 0.817 bits per heavy atom. The van der Waals surface area contributed by atoms with Crippen LogP contribution in [-0.4, -0.2) is 16.1 Å². The molecule has 0 atom stereocenters. The summed E-state index contributed by atoms with van der Waals surface area (Å²) in [7, 11) is -5.56. The topological polar surface area (TPSA) is 32.8 Å². The minimum atomic E-state index is -2.81. The van der Waals surface area contributed by atoms with E-state index in [4.69, 9.17) is 8.83 Å². The first-order valence-electron chi connectivity index (χ1n) is 40.4. The van der Waals surface area contributed by atoms with Gasteiger partial charge in [-0.1, -0.05) is 366 Å². The summed E-state index contributed by atoms with van der Waals surface area (Å²) >= 11 is 0. The van der Waals surface area contributed by atoms with Crippen molar-refractivity contribution in [2.75, 3.05) is 9.80 Å². The molecule has 20 aromatic rings. The summed E-state index contributed by atoms with van der Waals surface area (Å²) in [6, 6.07) is 144. The van der Waals surface area contributed by atoms with E-state index in [0.29, 0.717) is 0 Å². The molecule has 0 unspecified atom stereocenters. The van der Waals surface area contributed by atoms with Gasteiger partial charge in [0.2, 0.25) is 0 Å². The van der Waals surface area contributed by atoms with Crippen LogP contribution in [0.4, 0.5) is 34.1 Å². The second-order valence-electron chi connectivity index (χ2n) is 32.0. The number of hydrogen-bond donors (Lipinski definition) is 0. The molecule has 552 valence electrons. The van der Waals surface area contributed by atoms with E-state index in [-0.39, 0.29) is 11.8 Å². The van der Waals surface area contributed by atoms with Crippen LogP contribution in [0.3, 0.4) is 0 Å². The summed E-state index contributed by atoms with van der Waals surface area (Å²) < 4.78 is 14.2. The van der Waals surface area contributed by atoms with E-state index in [1.54, 1.807) is 0 Å². The standard InChI is InChI=1S/C109H86N2O2Si2/c1-71(2)98-69-102(110(100-33-21-31-94-90-29-17-19-35-104(90)112-108(94)100)80-51-43-76(44-52-80)78-47-61-88(62-48-78)114(82-23-11-8-12-24-82,83-25-13-9-14-26-83)84-27-15-10-16-28-84)96-67-65-93-99(72(3)4)70-103(97-68-66-92(98)106(96)107(93)97)111(101-34-22-32-95-91-30-18-20-36-105(91)113-109(95)101)81-53-45-77(46-54-81)79-49-63-89(64-50-79)115(85-55-37-73(5)38-56-85,86-57-39-74(6)40-58-86)87-59-41-75(7)42-60-87/h8-72H,1-7H3. The van der Waals surface area contributed by atoms with E-state index in [1.165, 1.54) is 90.9 Å². The van der Waals surface area contributed by atoms with E-state index in [1.807, 2.05) is 0 Å². The van der Waals surface area contributed by atoms with Gasteiger partial charge in [0.1, 0.15) is 11.2 Å². The van der Waals surface area contributed by atoms with Gasteiger partial charge in [-0.3, -0.25) is 0 Å². The SMILES string of the molecule is Cc1ccc([Si](c2ccc(C)cc2)(c2ccc(C)cc2)c2ccc(-c3ccc(N(c4cc(C(C)C)c5ccc6c(N(c7ccc(-c8ccc([Si](c9ccccc9)(c9ccccc9)c9ccccc9)cc8)cc7)c7cccc8c7oc7ccccc78)cc(C(C)C)c7ccc4c5c76)c4cccc5c4oc4ccccc45)cc3)cc2)cc1. The number of aryl methyl sites for hydroxylation is 3. The predicted octanol–water partition coefficient (Wildman–Crippen LogP) is 24.6. The number of fused-ring (bicyclic) bond motifs is 6. The van der Waals surface area contributed by atoms with Gasteiger partial charge in [0, 0.05) is 43.7 Å². The lowest BCUT2D eigenvalue weighted by Gasteiger charge is -2.35. The van der Waals surface area contributed by atoms with Crippen LogP contribution in [-0.2, 0) is 0 Å². The average molecular weight is 1510 g/mol. The maximum atomic E-state index is 7.12. The molecule has 0 radical (unpaired) electrons. The van der Waals surface area contributed by atoms with Crippen LogP contribution in [0.25, 0.3) is 98.4 Å². The highest BCUT2D eigenvalue weighted by Gasteiger charge is 2.43. The second-order valence-corrected chi connectivity index (χ2v) is 39.6. The van der Waals surface area contributed by atoms with Gasteiger partial charge in [0.25, 0.3) is 0 Å². The summed E-state index contributed by atoms with van der Waals surface area (Å²) in [5.41, 5.74) is 20.4. The van der Waals surface area contributed by atoms with Crippen LogP contribution >= 0.6 is 0 Å². The van der Waals surface area contributed by atoms with Gasteiger partial charge in [-0.2, -0.15) is 0 Å². The zero-order chi connectivity index (χ0) is 77.6. The highest BCUT2D eigenvalue weighted by molar-refractivity contribution is 7.20. The molecule has 115 heavy (non-hydrogen) atoms. The first kappa shape index (κ1) is 70.7. The fraction of sp³-hybridized carbons (Fsp3) is 0.0826. The van der Waals surface area contributed by atoms with E-state index in [0.717, 1.165) is 111 Å². The Hall–Kier alpha value is -13.4. The molecule has 4 nitrogen and oxygen atoms in total. The van der Waals surface area contributed by atoms with Crippen LogP contribution in [0.15, 0.2) is 391 Å². The van der Waals surface area contributed by atoms with Crippen molar-refractivity contribution in [2.24, 2.45) is 0 Å². The van der Waals surface area contributed by atoms with Crippen molar-refractivity contribution in [3.63, 3.8) is 0 Å². The molecule has 0 fully saturated rings. The van der Waals surface area contributed by atoms with Crippen molar-refractivity contribution >= 4 is 168 Å². The smallest absolute Gasteiger partial charge is 0.179 e. The van der Waals surface area contributed by atoms with Gasteiger partial charge in [0.15, 0.2) is 27.3 Å². The third kappa shape index (κ3) is 11.8. The van der Waals surface area contributed by atoms with Gasteiger partial charge in [-0.05, 0) is 190 Å². The van der Waals surface area contributed by atoms with Gasteiger partial charge >= 0.3 is 0 Å². The molecular formula is C109H86N2O2Si2. The van der Waals surface area contributed by atoms with Crippen LogP contribution in [0.1, 0.15) is 67.3 Å². The molecule has 0 aliphatic heterocycles. The number of furan rings is 2. The van der Waals surface area contributed by atoms with Gasteiger partial charge in [-0.15, -0.1) is 0 Å². The minimum absolute atomic E-state index is 0.157. The molecular weight excluding hydrogens is 1430 g/mol. The molecule has 0 amide bonds. The Kier molecular flexibility index (Phi) is 17.6. The zero-order valence-electron chi connectivity index (χ0n) is 65.7. The van der Waals surface area contributed by atoms with Crippen LogP contribution in [0, 0.1) is 20.8 Å². The first-order valence-corrected chi connectivity index (χ1v) is 44.4. The van der Waals surface area contributed by atoms with Gasteiger partial charge in [0.05, 0.1) is 22.7 Å². The zero-order valence-corrected chi connectivity index (χ0v) is 67.7. The molecule has 2 heterocycles. The molecule has 20 rings (SSSR count). The largest absolute Gasteiger partial charge is 0.454 e. The molecule has 18 aromatic carbocycles. The third-order valence-corrected chi connectivity index (χ3v) is 34.1. The summed E-state index contributed by atoms with van der Waals surface area (Å²) in [5, 5.41) is 22.4. The quantitative estimate of drug-likeness (QED) is 0.0487. The van der Waals surface area contributed by atoms with Crippen molar-refractivity contribution in [3.8, 4) is 22.3 Å². The van der Waals surface area contributed by atoms with Crippen LogP contribution in [0.5, 0.6) is 0 Å². The predicted molar refractivity (Wildman–Crippen MR) is 495 cm³/mol. The molecule has 2 aromatic heterocycles. The molecule has 0 bridgehead atoms. The number of rotatable bonds is 18. The molecule has 0 saturated carbocycles. The Labute approximate surface area is 674 Å². The van der Waals surface area contributed by atoms with Crippen molar-refractivity contribution in [1.29, 1.82) is 0 Å². The molecule has 0 N–H and O–H groups in total. The van der Waals surface area contributed by atoms with E-state index >= 15 is 0 Å². The number of nitrogens with zero attached hydrogens (tertiary/aromatic N) is 2. The van der Waals surface area contributed by atoms with Crippen molar-refractivity contribution in [2.45, 2.75) is 60.3 Å². The maximum absolute atomic E-state index is 7.12. The Balaban J connectivity index is 0.757. The van der Waals surface area contributed by atoms with Crippen LogP contribution in [0.2, 0.25) is 0 Å². The molecule has 0 spiro atoms. The number of benzene rings is 18. The number of hydrogen-bond acceptors (Lipinski definition) is 4. The maximum Gasteiger partial charge on any atom is 0.179 e. The highest BCUT2D eigenvalue weighted by atomic mass is 28.3. The number of anilines is 6. The highest BCUT2D eigenvalue weighted by Crippen LogP contribution is 2.53. The average Bonchev–Trinajstić information content (AvgIpc) is 0.919. The fourth-order valence-electron chi connectivity index (χ4n) is 18.9. The summed E-state index contributed by atoms with van der Waals surface area (Å²) in [4.78, 5) is 4.97. The molecule has 0 aliphatic rings. The Morgan fingerprint density at radius 1 is 0.226 bits per heavy atom. The first-order chi connectivity index (χ1) is 56.4. The van der Waals surface area contributed by atoms with Crippen molar-refractivity contribution in [1.82, 2.24) is 0 Å². The molecule has 0 saturated heterocycles. The second kappa shape index (κ2) is 28.7. The van der Waals surface area contributed by atoms with Gasteiger partial charge < -0.3 is 18.6 Å². The van der Waals surface area contributed by atoms with Crippen molar-refractivity contribution in [3.05, 3.63) is 410 Å². The van der Waals surface area contributed by atoms with Crippen LogP contribution < -0.4 is 51.3 Å². The molecule has 6 heteroatoms. The van der Waals surface area contributed by atoms with Gasteiger partial charge in [-0.25, -0.2) is 0 Å².